The fourth-order valence-electron chi connectivity index (χ4n) is 7.77. The standard InChI is InChI=1S/C39H41F2N7O4/c1-51-38(50)47-34(25-12-15-52-16-13-25)37(49)48-14-2-3-33(48)36-43-21-32(46-36)29-11-10-27-17-26(8-9-28(27)18-29)23-4-6-24(7-5-23)31-20-42-35(45-31)30-19-39(40,41)22-44-30/h4-11,17-18,20-21,25,30,33-34,44H,2-3,12-16,19,22H2,1H3,(H,42,45)(H,43,46)(H,47,50). The van der Waals surface area contributed by atoms with Gasteiger partial charge >= 0.3 is 6.09 Å². The number of carbonyl (C=O) groups excluding carboxylic acids is 2. The van der Waals surface area contributed by atoms with Crippen LogP contribution in [-0.4, -0.2) is 82.2 Å². The van der Waals surface area contributed by atoms with E-state index < -0.39 is 24.1 Å². The summed E-state index contributed by atoms with van der Waals surface area (Å²) in [6.07, 6.45) is 5.65. The molecule has 0 bridgehead atoms. The highest BCUT2D eigenvalue weighted by Gasteiger charge is 2.41. The molecule has 11 nitrogen and oxygen atoms in total. The number of alkyl halides is 2. The number of hydrogen-bond acceptors (Lipinski definition) is 7. The number of aromatic amines is 2. The Bertz CT molecular complexity index is 2070. The van der Waals surface area contributed by atoms with Gasteiger partial charge in [-0.2, -0.15) is 0 Å². The molecule has 13 heteroatoms. The zero-order valence-electron chi connectivity index (χ0n) is 28.8. The van der Waals surface area contributed by atoms with Crippen LogP contribution in [0.4, 0.5) is 13.6 Å². The third kappa shape index (κ3) is 6.90. The predicted molar refractivity (Wildman–Crippen MR) is 191 cm³/mol. The summed E-state index contributed by atoms with van der Waals surface area (Å²) in [7, 11) is 1.31. The van der Waals surface area contributed by atoms with Crippen LogP contribution in [0.15, 0.2) is 73.1 Å². The largest absolute Gasteiger partial charge is 0.453 e. The Morgan fingerprint density at radius 2 is 1.52 bits per heavy atom. The molecule has 270 valence electrons. The molecular weight excluding hydrogens is 668 g/mol. The van der Waals surface area contributed by atoms with Crippen molar-refractivity contribution in [3.05, 3.63) is 84.7 Å². The first-order chi connectivity index (χ1) is 25.2. The third-order valence-corrected chi connectivity index (χ3v) is 10.6. The number of ether oxygens (including phenoxy) is 2. The van der Waals surface area contributed by atoms with Gasteiger partial charge in [-0.3, -0.25) is 4.79 Å². The highest BCUT2D eigenvalue weighted by Crippen LogP contribution is 2.36. The number of aromatic nitrogens is 4. The topological polar surface area (TPSA) is 137 Å². The molecule has 3 aromatic carbocycles. The first-order valence-electron chi connectivity index (χ1n) is 17.8. The Balaban J connectivity index is 0.960. The Morgan fingerprint density at radius 3 is 2.23 bits per heavy atom. The molecule has 2 amide bonds. The number of carbonyl (C=O) groups is 2. The summed E-state index contributed by atoms with van der Waals surface area (Å²) >= 11 is 0. The van der Waals surface area contributed by atoms with Crippen LogP contribution in [0.5, 0.6) is 0 Å². The van der Waals surface area contributed by atoms with Gasteiger partial charge in [0.15, 0.2) is 0 Å². The minimum absolute atomic E-state index is 0.0249. The number of methoxy groups -OCH3 is 1. The van der Waals surface area contributed by atoms with E-state index in [9.17, 15) is 18.4 Å². The van der Waals surface area contributed by atoms with Crippen LogP contribution >= 0.6 is 0 Å². The van der Waals surface area contributed by atoms with E-state index in [2.05, 4.69) is 62.0 Å². The van der Waals surface area contributed by atoms with Crippen LogP contribution in [0.25, 0.3) is 44.4 Å². The number of likely N-dealkylation sites (tertiary alicyclic amines) is 1. The van der Waals surface area contributed by atoms with E-state index in [1.54, 1.807) is 6.20 Å². The van der Waals surface area contributed by atoms with Crippen LogP contribution in [0.3, 0.4) is 0 Å². The zero-order valence-corrected chi connectivity index (χ0v) is 28.8. The van der Waals surface area contributed by atoms with Crippen molar-refractivity contribution in [2.45, 2.75) is 56.2 Å². The fraction of sp³-hybridized carbons (Fsp3) is 0.385. The number of benzene rings is 3. The van der Waals surface area contributed by atoms with Crippen LogP contribution in [0.1, 0.15) is 55.8 Å². The van der Waals surface area contributed by atoms with Crippen molar-refractivity contribution in [1.29, 1.82) is 0 Å². The van der Waals surface area contributed by atoms with Crippen molar-refractivity contribution < 1.29 is 27.8 Å². The molecule has 3 saturated heterocycles. The molecule has 3 atom stereocenters. The van der Waals surface area contributed by atoms with Crippen LogP contribution < -0.4 is 10.6 Å². The average Bonchev–Trinajstić information content (AvgIpc) is 4.00. The van der Waals surface area contributed by atoms with Crippen LogP contribution in [-0.2, 0) is 14.3 Å². The normalized spacial score (nSPS) is 21.0. The molecule has 3 aliphatic heterocycles. The minimum Gasteiger partial charge on any atom is -0.453 e. The lowest BCUT2D eigenvalue weighted by atomic mass is 9.90. The summed E-state index contributed by atoms with van der Waals surface area (Å²) in [6.45, 7) is 1.38. The number of H-pyrrole nitrogens is 2. The van der Waals surface area contributed by atoms with Gasteiger partial charge in [-0.05, 0) is 71.2 Å². The average molecular weight is 710 g/mol. The van der Waals surface area contributed by atoms with Gasteiger partial charge < -0.3 is 35.0 Å². The Kier molecular flexibility index (Phi) is 9.22. The van der Waals surface area contributed by atoms with Crippen molar-refractivity contribution in [2.75, 3.05) is 33.4 Å². The highest BCUT2D eigenvalue weighted by atomic mass is 19.3. The van der Waals surface area contributed by atoms with Gasteiger partial charge in [0.1, 0.15) is 17.7 Å². The van der Waals surface area contributed by atoms with Gasteiger partial charge in [-0.1, -0.05) is 48.5 Å². The van der Waals surface area contributed by atoms with Gasteiger partial charge in [0.2, 0.25) is 5.91 Å². The van der Waals surface area contributed by atoms with E-state index >= 15 is 0 Å². The van der Waals surface area contributed by atoms with E-state index in [1.807, 2.05) is 35.4 Å². The predicted octanol–water partition coefficient (Wildman–Crippen LogP) is 6.77. The first kappa shape index (κ1) is 34.0. The molecule has 4 N–H and O–H groups in total. The lowest BCUT2D eigenvalue weighted by Gasteiger charge is -2.34. The van der Waals surface area contributed by atoms with Crippen LogP contribution in [0, 0.1) is 5.92 Å². The maximum Gasteiger partial charge on any atom is 0.407 e. The monoisotopic (exact) mass is 709 g/mol. The third-order valence-electron chi connectivity index (χ3n) is 10.6. The Hall–Kier alpha value is -5.14. The molecule has 0 radical (unpaired) electrons. The van der Waals surface area contributed by atoms with E-state index in [0.717, 1.165) is 63.1 Å². The number of amides is 2. The smallest absolute Gasteiger partial charge is 0.407 e. The number of nitrogens with one attached hydrogen (secondary N) is 4. The summed E-state index contributed by atoms with van der Waals surface area (Å²) in [5.41, 5.74) is 5.70. The molecule has 52 heavy (non-hydrogen) atoms. The quantitative estimate of drug-likeness (QED) is 0.140. The van der Waals surface area contributed by atoms with Gasteiger partial charge in [-0.15, -0.1) is 0 Å². The number of imidazole rings is 2. The number of halogens is 2. The van der Waals surface area contributed by atoms with Gasteiger partial charge in [-0.25, -0.2) is 23.5 Å². The second-order valence-corrected chi connectivity index (χ2v) is 14.0. The SMILES string of the molecule is COC(=O)NC(C(=O)N1CCCC1c1ncc(-c2ccc3cc(-c4ccc(-c5cnc(C6CC(F)(F)CN6)[nH]5)cc4)ccc3c2)[nH]1)C1CCOCC1. The van der Waals surface area contributed by atoms with Gasteiger partial charge in [0.25, 0.3) is 5.92 Å². The molecule has 0 aliphatic carbocycles. The number of nitrogens with zero attached hydrogens (tertiary/aromatic N) is 3. The molecule has 3 fully saturated rings. The molecular formula is C39H41F2N7O4. The van der Waals surface area contributed by atoms with Crippen molar-refractivity contribution in [3.8, 4) is 33.6 Å². The molecule has 5 aromatic rings. The number of alkyl carbamates (subject to hydrolysis) is 1. The molecule has 3 aliphatic rings. The molecule has 2 aromatic heterocycles. The minimum atomic E-state index is -2.72. The Labute approximate surface area is 299 Å². The van der Waals surface area contributed by atoms with E-state index in [1.165, 1.54) is 7.11 Å². The molecule has 0 spiro atoms. The van der Waals surface area contributed by atoms with Crippen LogP contribution in [0.2, 0.25) is 0 Å². The lowest BCUT2D eigenvalue weighted by Crippen LogP contribution is -2.53. The van der Waals surface area contributed by atoms with Crippen molar-refractivity contribution in [1.82, 2.24) is 35.5 Å². The highest BCUT2D eigenvalue weighted by molar-refractivity contribution is 5.91. The zero-order chi connectivity index (χ0) is 35.8. The number of hydrogen-bond donors (Lipinski definition) is 4. The lowest BCUT2D eigenvalue weighted by molar-refractivity contribution is -0.136. The number of fused-ring (bicyclic) bond motifs is 1. The number of rotatable bonds is 8. The van der Waals surface area contributed by atoms with Crippen molar-refractivity contribution >= 4 is 22.8 Å². The summed E-state index contributed by atoms with van der Waals surface area (Å²) in [4.78, 5) is 43.8. The summed E-state index contributed by atoms with van der Waals surface area (Å²) in [6, 6.07) is 19.4. The van der Waals surface area contributed by atoms with Crippen molar-refractivity contribution in [2.24, 2.45) is 5.92 Å². The van der Waals surface area contributed by atoms with E-state index in [4.69, 9.17) is 14.5 Å². The molecule has 5 heterocycles. The van der Waals surface area contributed by atoms with Crippen molar-refractivity contribution in [3.63, 3.8) is 0 Å². The van der Waals surface area contributed by atoms with E-state index in [0.29, 0.717) is 38.4 Å². The van der Waals surface area contributed by atoms with Gasteiger partial charge in [0, 0.05) is 31.7 Å². The van der Waals surface area contributed by atoms with Gasteiger partial charge in [0.05, 0.1) is 49.5 Å². The molecule has 8 rings (SSSR count). The fourth-order valence-corrected chi connectivity index (χ4v) is 7.77. The maximum absolute atomic E-state index is 13.9. The first-order valence-corrected chi connectivity index (χ1v) is 17.8. The second kappa shape index (κ2) is 14.1. The molecule has 0 saturated carbocycles. The summed E-state index contributed by atoms with van der Waals surface area (Å²) < 4.78 is 37.7. The Morgan fingerprint density at radius 1 is 0.885 bits per heavy atom. The maximum atomic E-state index is 13.9. The summed E-state index contributed by atoms with van der Waals surface area (Å²) in [5.74, 6) is -1.60. The van der Waals surface area contributed by atoms with E-state index in [-0.39, 0.29) is 30.8 Å². The summed E-state index contributed by atoms with van der Waals surface area (Å²) in [5, 5.41) is 7.82. The molecule has 3 unspecified atom stereocenters. The second-order valence-electron chi connectivity index (χ2n) is 14.0.